The number of nitrogens with zero attached hydrogens (tertiary/aromatic N) is 4. The third kappa shape index (κ3) is 3.20. The molecule has 1 aromatic rings. The summed E-state index contributed by atoms with van der Waals surface area (Å²) in [5.41, 5.74) is 0. The molecule has 0 fully saturated rings. The van der Waals surface area contributed by atoms with E-state index in [-0.39, 0.29) is 6.03 Å². The maximum Gasteiger partial charge on any atom is 0.324 e. The first kappa shape index (κ1) is 12.4. The number of carbonyl (C=O) groups excluding carboxylic acids is 1. The van der Waals surface area contributed by atoms with Crippen LogP contribution in [-0.2, 0) is 0 Å². The van der Waals surface area contributed by atoms with Crippen LogP contribution in [-0.4, -0.2) is 40.8 Å². The van der Waals surface area contributed by atoms with E-state index < -0.39 is 0 Å². The molecule has 0 bridgehead atoms. The molecule has 0 aliphatic carbocycles. The van der Waals surface area contributed by atoms with E-state index in [9.17, 15) is 4.79 Å². The Morgan fingerprint density at radius 1 is 1.69 bits per heavy atom. The van der Waals surface area contributed by atoms with Gasteiger partial charge in [-0.3, -0.25) is 4.90 Å². The van der Waals surface area contributed by atoms with Gasteiger partial charge in [0.1, 0.15) is 6.33 Å². The smallest absolute Gasteiger partial charge is 0.324 e. The molecule has 1 aromatic heterocycles. The Balaban J connectivity index is 2.74. The van der Waals surface area contributed by atoms with E-state index in [1.165, 1.54) is 23.0 Å². The lowest BCUT2D eigenvalue weighted by Gasteiger charge is -2.15. The van der Waals surface area contributed by atoms with Gasteiger partial charge in [-0.15, -0.1) is 6.58 Å². The van der Waals surface area contributed by atoms with Gasteiger partial charge >= 0.3 is 6.03 Å². The van der Waals surface area contributed by atoms with Crippen LogP contribution >= 0.6 is 11.8 Å². The van der Waals surface area contributed by atoms with E-state index in [1.807, 2.05) is 6.26 Å². The average Bonchev–Trinajstić information content (AvgIpc) is 2.35. The van der Waals surface area contributed by atoms with Crippen LogP contribution in [0.1, 0.15) is 0 Å². The number of nitrogens with one attached hydrogen (secondary N) is 1. The number of carbonyl (C=O) groups is 1. The predicted octanol–water partition coefficient (Wildman–Crippen LogP) is 0.925. The second kappa shape index (κ2) is 6.06. The van der Waals surface area contributed by atoms with Crippen LogP contribution in [0.4, 0.5) is 10.7 Å². The fraction of sp³-hybridized carbons (Fsp3) is 0.333. The summed E-state index contributed by atoms with van der Waals surface area (Å²) in [6.07, 6.45) is 4.84. The van der Waals surface area contributed by atoms with Crippen molar-refractivity contribution in [1.29, 1.82) is 0 Å². The van der Waals surface area contributed by atoms with Gasteiger partial charge < -0.3 is 5.32 Å². The molecule has 0 aliphatic heterocycles. The fourth-order valence-corrected chi connectivity index (χ4v) is 1.23. The van der Waals surface area contributed by atoms with E-state index >= 15 is 0 Å². The van der Waals surface area contributed by atoms with Gasteiger partial charge in [-0.25, -0.2) is 14.8 Å². The quantitative estimate of drug-likeness (QED) is 0.625. The third-order valence-corrected chi connectivity index (χ3v) is 2.28. The normalized spacial score (nSPS) is 9.62. The Morgan fingerprint density at radius 2 is 2.44 bits per heavy atom. The summed E-state index contributed by atoms with van der Waals surface area (Å²) in [5, 5.41) is 3.21. The molecule has 1 rings (SSSR count). The highest BCUT2D eigenvalue weighted by Crippen LogP contribution is 2.10. The molecule has 1 N–H and O–H groups in total. The summed E-state index contributed by atoms with van der Waals surface area (Å²) in [6, 6.07) is -0.279. The Kier molecular flexibility index (Phi) is 4.71. The number of urea groups is 1. The molecule has 0 unspecified atom stereocenters. The lowest BCUT2D eigenvalue weighted by Crippen LogP contribution is -2.38. The molecule has 0 saturated heterocycles. The van der Waals surface area contributed by atoms with E-state index in [4.69, 9.17) is 0 Å². The van der Waals surface area contributed by atoms with Crippen LogP contribution in [0.15, 0.2) is 24.1 Å². The minimum Gasteiger partial charge on any atom is -0.334 e. The summed E-state index contributed by atoms with van der Waals surface area (Å²) in [5.74, 6) is 0.320. The van der Waals surface area contributed by atoms with Crippen molar-refractivity contribution in [2.45, 2.75) is 5.16 Å². The van der Waals surface area contributed by atoms with E-state index in [0.717, 1.165) is 0 Å². The molecule has 0 aromatic carbocycles. The van der Waals surface area contributed by atoms with Crippen molar-refractivity contribution in [2.75, 3.05) is 24.7 Å². The minimum absolute atomic E-state index is 0.279. The SMILES string of the molecule is C=CCNC(=O)N(C)c1ncnc(SC)n1. The van der Waals surface area contributed by atoms with Gasteiger partial charge in [-0.1, -0.05) is 17.8 Å². The van der Waals surface area contributed by atoms with Crippen LogP contribution in [0.3, 0.4) is 0 Å². The van der Waals surface area contributed by atoms with E-state index in [0.29, 0.717) is 17.6 Å². The maximum absolute atomic E-state index is 11.6. The number of anilines is 1. The lowest BCUT2D eigenvalue weighted by atomic mass is 10.6. The largest absolute Gasteiger partial charge is 0.334 e. The van der Waals surface area contributed by atoms with Gasteiger partial charge in [0, 0.05) is 13.6 Å². The number of aromatic nitrogens is 3. The molecule has 0 saturated carbocycles. The summed E-state index contributed by atoms with van der Waals surface area (Å²) in [7, 11) is 1.60. The standard InChI is InChI=1S/C9H13N5OS/c1-4-5-10-9(15)14(2)7-11-6-12-8(13-7)16-3/h4,6H,1,5H2,2-3H3,(H,10,15). The van der Waals surface area contributed by atoms with Gasteiger partial charge in [-0.2, -0.15) is 4.98 Å². The highest BCUT2D eigenvalue weighted by atomic mass is 32.2. The topological polar surface area (TPSA) is 71.0 Å². The first-order valence-corrected chi connectivity index (χ1v) is 5.77. The Labute approximate surface area is 98.2 Å². The van der Waals surface area contributed by atoms with Crippen LogP contribution in [0, 0.1) is 0 Å². The Morgan fingerprint density at radius 3 is 3.06 bits per heavy atom. The monoisotopic (exact) mass is 239 g/mol. The fourth-order valence-electron chi connectivity index (χ4n) is 0.902. The van der Waals surface area contributed by atoms with Crippen molar-refractivity contribution >= 4 is 23.7 Å². The van der Waals surface area contributed by atoms with Crippen LogP contribution < -0.4 is 10.2 Å². The Hall–Kier alpha value is -1.63. The molecule has 0 radical (unpaired) electrons. The second-order valence-corrected chi connectivity index (χ2v) is 3.58. The maximum atomic E-state index is 11.6. The molecule has 7 heteroatoms. The summed E-state index contributed by atoms with van der Waals surface area (Å²) in [6.45, 7) is 3.92. The first-order chi connectivity index (χ1) is 7.69. The van der Waals surface area contributed by atoms with Crippen LogP contribution in [0.5, 0.6) is 0 Å². The van der Waals surface area contributed by atoms with Gasteiger partial charge in [0.15, 0.2) is 5.16 Å². The van der Waals surface area contributed by atoms with Gasteiger partial charge in [0.2, 0.25) is 5.95 Å². The third-order valence-electron chi connectivity index (χ3n) is 1.72. The molecule has 0 atom stereocenters. The summed E-state index contributed by atoms with van der Waals surface area (Å²) in [4.78, 5) is 24.8. The highest BCUT2D eigenvalue weighted by Gasteiger charge is 2.12. The number of hydrogen-bond donors (Lipinski definition) is 1. The van der Waals surface area contributed by atoms with Crippen LogP contribution in [0.25, 0.3) is 0 Å². The van der Waals surface area contributed by atoms with Crippen molar-refractivity contribution < 1.29 is 4.79 Å². The zero-order chi connectivity index (χ0) is 12.0. The molecule has 2 amide bonds. The number of amides is 2. The zero-order valence-electron chi connectivity index (χ0n) is 9.17. The average molecular weight is 239 g/mol. The number of rotatable bonds is 4. The highest BCUT2D eigenvalue weighted by molar-refractivity contribution is 7.98. The number of thioether (sulfide) groups is 1. The predicted molar refractivity (Wildman–Crippen MR) is 63.6 cm³/mol. The molecule has 0 aliphatic rings. The minimum atomic E-state index is -0.279. The van der Waals surface area contributed by atoms with Crippen molar-refractivity contribution in [3.05, 3.63) is 19.0 Å². The zero-order valence-corrected chi connectivity index (χ0v) is 9.99. The first-order valence-electron chi connectivity index (χ1n) is 4.54. The van der Waals surface area contributed by atoms with Crippen molar-refractivity contribution in [2.24, 2.45) is 0 Å². The lowest BCUT2D eigenvalue weighted by molar-refractivity contribution is 0.248. The van der Waals surface area contributed by atoms with E-state index in [2.05, 4.69) is 26.8 Å². The van der Waals surface area contributed by atoms with Crippen LogP contribution in [0.2, 0.25) is 0 Å². The molecule has 16 heavy (non-hydrogen) atoms. The molecular formula is C9H13N5OS. The Bertz CT molecular complexity index is 384. The van der Waals surface area contributed by atoms with Gasteiger partial charge in [0.05, 0.1) is 0 Å². The molecule has 1 heterocycles. The van der Waals surface area contributed by atoms with E-state index in [1.54, 1.807) is 13.1 Å². The molecular weight excluding hydrogens is 226 g/mol. The van der Waals surface area contributed by atoms with Crippen molar-refractivity contribution in [3.8, 4) is 0 Å². The van der Waals surface area contributed by atoms with Crippen molar-refractivity contribution in [3.63, 3.8) is 0 Å². The van der Waals surface area contributed by atoms with Gasteiger partial charge in [0.25, 0.3) is 0 Å². The molecule has 6 nitrogen and oxygen atoms in total. The second-order valence-electron chi connectivity index (χ2n) is 2.81. The molecule has 0 spiro atoms. The summed E-state index contributed by atoms with van der Waals surface area (Å²) < 4.78 is 0. The molecule has 86 valence electrons. The summed E-state index contributed by atoms with van der Waals surface area (Å²) >= 11 is 1.39. The van der Waals surface area contributed by atoms with Gasteiger partial charge in [-0.05, 0) is 6.26 Å². The van der Waals surface area contributed by atoms with Crippen molar-refractivity contribution in [1.82, 2.24) is 20.3 Å². The number of hydrogen-bond acceptors (Lipinski definition) is 5.